The van der Waals surface area contributed by atoms with Crippen molar-refractivity contribution in [1.29, 1.82) is 0 Å². The van der Waals surface area contributed by atoms with E-state index in [4.69, 9.17) is 0 Å². The first kappa shape index (κ1) is 17.9. The first-order valence-electron chi connectivity index (χ1n) is 8.20. The number of hydrogen-bond donors (Lipinski definition) is 2. The molecular weight excluding hydrogens is 344 g/mol. The fourth-order valence-corrected chi connectivity index (χ4v) is 5.19. The summed E-state index contributed by atoms with van der Waals surface area (Å²) in [4.78, 5) is 26.2. The van der Waals surface area contributed by atoms with Gasteiger partial charge in [0.2, 0.25) is 0 Å². The molecule has 0 spiro atoms. The van der Waals surface area contributed by atoms with Crippen LogP contribution in [0, 0.1) is 0 Å². The molecule has 136 valence electrons. The molecule has 2 aliphatic rings. The van der Waals surface area contributed by atoms with Crippen molar-refractivity contribution in [1.82, 2.24) is 10.2 Å². The van der Waals surface area contributed by atoms with Crippen LogP contribution in [0.4, 0.5) is 4.79 Å². The van der Waals surface area contributed by atoms with Crippen molar-refractivity contribution in [2.75, 3.05) is 11.5 Å². The van der Waals surface area contributed by atoms with Crippen molar-refractivity contribution >= 4 is 21.8 Å². The zero-order valence-corrected chi connectivity index (χ0v) is 15.2. The lowest BCUT2D eigenvalue weighted by atomic mass is 9.89. The number of aliphatic hydroxyl groups excluding tert-OH is 1. The summed E-state index contributed by atoms with van der Waals surface area (Å²) in [5, 5.41) is 12.7. The first-order valence-corrected chi connectivity index (χ1v) is 10.0. The number of imide groups is 1. The predicted molar refractivity (Wildman–Crippen MR) is 91.7 cm³/mol. The highest BCUT2D eigenvalue weighted by atomic mass is 32.2. The van der Waals surface area contributed by atoms with E-state index in [1.165, 1.54) is 0 Å². The van der Waals surface area contributed by atoms with Crippen LogP contribution >= 0.6 is 0 Å². The van der Waals surface area contributed by atoms with Crippen LogP contribution in [0.5, 0.6) is 0 Å². The molecule has 0 saturated carbocycles. The minimum atomic E-state index is -3.47. The van der Waals surface area contributed by atoms with Gasteiger partial charge in [0.05, 0.1) is 23.7 Å². The van der Waals surface area contributed by atoms with E-state index < -0.39 is 51.0 Å². The largest absolute Gasteiger partial charge is 0.390 e. The molecule has 0 aromatic heterocycles. The highest BCUT2D eigenvalue weighted by Gasteiger charge is 2.55. The molecule has 2 heterocycles. The number of carbonyl (C=O) groups excluding carboxylic acids is 2. The molecule has 1 aromatic carbocycles. The summed E-state index contributed by atoms with van der Waals surface area (Å²) in [7, 11) is -3.47. The molecule has 3 rings (SSSR count). The van der Waals surface area contributed by atoms with Crippen molar-refractivity contribution in [2.24, 2.45) is 0 Å². The van der Waals surface area contributed by atoms with E-state index in [1.807, 2.05) is 12.1 Å². The summed E-state index contributed by atoms with van der Waals surface area (Å²) in [5.41, 5.74) is 0.449. The van der Waals surface area contributed by atoms with Gasteiger partial charge >= 0.3 is 6.03 Å². The average molecular weight is 366 g/mol. The predicted octanol–water partition coefficient (Wildman–Crippen LogP) is 0.735. The Kier molecular flexibility index (Phi) is 4.15. The molecule has 2 aliphatic heterocycles. The maximum atomic E-state index is 12.9. The molecular formula is C17H22N2O5S. The van der Waals surface area contributed by atoms with Crippen LogP contribution in [0.15, 0.2) is 24.3 Å². The van der Waals surface area contributed by atoms with E-state index in [-0.39, 0.29) is 0 Å². The van der Waals surface area contributed by atoms with E-state index in [0.29, 0.717) is 11.5 Å². The molecule has 8 heteroatoms. The number of urea groups is 1. The second-order valence-corrected chi connectivity index (χ2v) is 9.37. The fraction of sp³-hybridized carbons (Fsp3) is 0.529. The minimum Gasteiger partial charge on any atom is -0.390 e. The molecule has 1 aromatic rings. The van der Waals surface area contributed by atoms with Gasteiger partial charge in [-0.15, -0.1) is 0 Å². The lowest BCUT2D eigenvalue weighted by Gasteiger charge is -2.26. The van der Waals surface area contributed by atoms with Crippen LogP contribution in [-0.2, 0) is 20.2 Å². The number of rotatable bonds is 3. The fourth-order valence-electron chi connectivity index (χ4n) is 3.42. The van der Waals surface area contributed by atoms with Gasteiger partial charge in [0, 0.05) is 0 Å². The van der Waals surface area contributed by atoms with Gasteiger partial charge in [-0.2, -0.15) is 0 Å². The van der Waals surface area contributed by atoms with E-state index in [2.05, 4.69) is 19.2 Å². The summed E-state index contributed by atoms with van der Waals surface area (Å²) in [6.45, 7) is 5.71. The van der Waals surface area contributed by atoms with Crippen LogP contribution in [-0.4, -0.2) is 54.0 Å². The third-order valence-corrected chi connectivity index (χ3v) is 6.70. The molecule has 2 N–H and O–H groups in total. The van der Waals surface area contributed by atoms with E-state index in [0.717, 1.165) is 10.5 Å². The normalized spacial score (nSPS) is 31.6. The van der Waals surface area contributed by atoms with Gasteiger partial charge in [0.15, 0.2) is 9.84 Å². The molecule has 7 nitrogen and oxygen atoms in total. The quantitative estimate of drug-likeness (QED) is 0.768. The Morgan fingerprint density at radius 3 is 2.28 bits per heavy atom. The average Bonchev–Trinajstić information content (AvgIpc) is 2.92. The summed E-state index contributed by atoms with van der Waals surface area (Å²) < 4.78 is 23.4. The van der Waals surface area contributed by atoms with Crippen LogP contribution in [0.2, 0.25) is 0 Å². The summed E-state index contributed by atoms with van der Waals surface area (Å²) in [5.74, 6) is -1.05. The smallest absolute Gasteiger partial charge is 0.325 e. The maximum Gasteiger partial charge on any atom is 0.325 e. The van der Waals surface area contributed by atoms with E-state index in [9.17, 15) is 23.1 Å². The lowest BCUT2D eigenvalue weighted by Crippen LogP contribution is -2.48. The van der Waals surface area contributed by atoms with Crippen LogP contribution < -0.4 is 5.32 Å². The number of amides is 3. The second kappa shape index (κ2) is 5.81. The number of benzene rings is 1. The van der Waals surface area contributed by atoms with Gasteiger partial charge in [-0.3, -0.25) is 9.69 Å². The Hall–Kier alpha value is -1.93. The van der Waals surface area contributed by atoms with Crippen molar-refractivity contribution in [3.63, 3.8) is 0 Å². The molecule has 3 atom stereocenters. The van der Waals surface area contributed by atoms with Crippen molar-refractivity contribution in [2.45, 2.75) is 44.4 Å². The molecule has 25 heavy (non-hydrogen) atoms. The number of hydrogen-bond acceptors (Lipinski definition) is 5. The Labute approximate surface area is 146 Å². The molecule has 2 saturated heterocycles. The molecule has 3 amide bonds. The summed E-state index contributed by atoms with van der Waals surface area (Å²) in [6.07, 6.45) is -1.26. The highest BCUT2D eigenvalue weighted by Crippen LogP contribution is 2.33. The van der Waals surface area contributed by atoms with Crippen molar-refractivity contribution < 1.29 is 23.1 Å². The summed E-state index contributed by atoms with van der Waals surface area (Å²) in [6, 6.07) is 5.66. The van der Waals surface area contributed by atoms with Gasteiger partial charge in [-0.25, -0.2) is 13.2 Å². The molecule has 0 unspecified atom stereocenters. The minimum absolute atomic E-state index is 0.339. The van der Waals surface area contributed by atoms with Gasteiger partial charge in [-0.05, 0) is 24.0 Å². The maximum absolute atomic E-state index is 12.9. The van der Waals surface area contributed by atoms with Crippen molar-refractivity contribution in [3.05, 3.63) is 35.4 Å². The third kappa shape index (κ3) is 2.93. The van der Waals surface area contributed by atoms with Gasteiger partial charge in [0.1, 0.15) is 5.54 Å². The van der Waals surface area contributed by atoms with E-state index >= 15 is 0 Å². The molecule has 0 aliphatic carbocycles. The van der Waals surface area contributed by atoms with Gasteiger partial charge < -0.3 is 10.4 Å². The molecule has 2 fully saturated rings. The number of nitrogens with zero attached hydrogens (tertiary/aromatic N) is 1. The Morgan fingerprint density at radius 2 is 1.80 bits per heavy atom. The number of carbonyl (C=O) groups is 2. The zero-order valence-electron chi connectivity index (χ0n) is 14.4. The Balaban J connectivity index is 1.92. The van der Waals surface area contributed by atoms with E-state index in [1.54, 1.807) is 19.1 Å². The lowest BCUT2D eigenvalue weighted by molar-refractivity contribution is -0.133. The van der Waals surface area contributed by atoms with Crippen molar-refractivity contribution in [3.8, 4) is 0 Å². The standard InChI is InChI=1S/C17H22N2O5S/c1-10(2)11-4-6-12(7-5-11)17(3)15(21)19(16(22)18-17)13-8-25(23,24)9-14(13)20/h4-7,10,13-14,20H,8-9H2,1-3H3,(H,18,22)/t13-,14-,17+/m0/s1. The SMILES string of the molecule is CC(C)c1ccc([C@@]2(C)NC(=O)N([C@H]3CS(=O)(=O)C[C@@H]3O)C2=O)cc1. The third-order valence-electron chi connectivity index (χ3n) is 5.00. The number of aliphatic hydroxyl groups is 1. The molecule has 0 bridgehead atoms. The molecule has 0 radical (unpaired) electrons. The zero-order chi connectivity index (χ0) is 18.6. The van der Waals surface area contributed by atoms with Crippen LogP contribution in [0.25, 0.3) is 0 Å². The monoisotopic (exact) mass is 366 g/mol. The topological polar surface area (TPSA) is 104 Å². The summed E-state index contributed by atoms with van der Waals surface area (Å²) >= 11 is 0. The number of sulfone groups is 1. The second-order valence-electron chi connectivity index (χ2n) is 7.22. The Morgan fingerprint density at radius 1 is 1.20 bits per heavy atom. The van der Waals surface area contributed by atoms with Gasteiger partial charge in [0.25, 0.3) is 5.91 Å². The van der Waals surface area contributed by atoms with Gasteiger partial charge in [-0.1, -0.05) is 38.1 Å². The highest BCUT2D eigenvalue weighted by molar-refractivity contribution is 7.91. The van der Waals surface area contributed by atoms with Crippen LogP contribution in [0.1, 0.15) is 37.8 Å². The Bertz CT molecular complexity index is 818. The number of nitrogens with one attached hydrogen (secondary N) is 1. The van der Waals surface area contributed by atoms with Crippen LogP contribution in [0.3, 0.4) is 0 Å². The first-order chi connectivity index (χ1) is 11.5.